The Morgan fingerprint density at radius 2 is 1.38 bits per heavy atom. The average Bonchev–Trinajstić information content (AvgIpc) is 3.38. The van der Waals surface area contributed by atoms with Crippen LogP contribution in [0.25, 0.3) is 16.5 Å². The van der Waals surface area contributed by atoms with Gasteiger partial charge in [-0.3, -0.25) is 9.59 Å². The zero-order valence-electron chi connectivity index (χ0n) is 18.1. The predicted octanol–water partition coefficient (Wildman–Crippen LogP) is 4.54. The summed E-state index contributed by atoms with van der Waals surface area (Å²) in [4.78, 5) is 30.1. The van der Waals surface area contributed by atoms with Crippen molar-refractivity contribution >= 4 is 22.6 Å². The number of carbonyl (C=O) groups is 2. The minimum absolute atomic E-state index is 0.00988. The van der Waals surface area contributed by atoms with E-state index < -0.39 is 0 Å². The summed E-state index contributed by atoms with van der Waals surface area (Å²) in [5.74, 6) is 0.0368. The molecule has 0 spiro atoms. The van der Waals surface area contributed by atoms with Gasteiger partial charge in [-0.05, 0) is 53.6 Å². The van der Waals surface area contributed by atoms with E-state index in [9.17, 15) is 9.59 Å². The van der Waals surface area contributed by atoms with Gasteiger partial charge in [0, 0.05) is 55.4 Å². The molecule has 1 fully saturated rings. The molecule has 32 heavy (non-hydrogen) atoms. The van der Waals surface area contributed by atoms with E-state index in [0.29, 0.717) is 31.7 Å². The normalized spacial score (nSPS) is 14.0. The highest BCUT2D eigenvalue weighted by Gasteiger charge is 2.26. The van der Waals surface area contributed by atoms with Gasteiger partial charge in [0.05, 0.1) is 0 Å². The summed E-state index contributed by atoms with van der Waals surface area (Å²) >= 11 is 0. The Balaban J connectivity index is 1.30. The highest BCUT2D eigenvalue weighted by atomic mass is 16.2. The van der Waals surface area contributed by atoms with Crippen LogP contribution in [0.5, 0.6) is 0 Å². The third kappa shape index (κ3) is 3.66. The lowest BCUT2D eigenvalue weighted by Crippen LogP contribution is -2.50. The van der Waals surface area contributed by atoms with Gasteiger partial charge in [-0.25, -0.2) is 0 Å². The van der Waals surface area contributed by atoms with E-state index in [1.807, 2.05) is 106 Å². The van der Waals surface area contributed by atoms with Gasteiger partial charge >= 0.3 is 0 Å². The fourth-order valence-electron chi connectivity index (χ4n) is 4.39. The smallest absolute Gasteiger partial charge is 0.254 e. The molecule has 1 saturated heterocycles. The maximum atomic E-state index is 13.2. The van der Waals surface area contributed by atoms with Crippen molar-refractivity contribution in [2.75, 3.05) is 26.2 Å². The summed E-state index contributed by atoms with van der Waals surface area (Å²) < 4.78 is 2.02. The van der Waals surface area contributed by atoms with Crippen molar-refractivity contribution in [3.8, 4) is 5.69 Å². The van der Waals surface area contributed by atoms with Gasteiger partial charge in [0.25, 0.3) is 11.8 Å². The number of aryl methyl sites for hydroxylation is 1. The lowest BCUT2D eigenvalue weighted by atomic mass is 10.0. The summed E-state index contributed by atoms with van der Waals surface area (Å²) in [5.41, 5.74) is 3.51. The summed E-state index contributed by atoms with van der Waals surface area (Å²) in [7, 11) is 0. The van der Waals surface area contributed by atoms with Crippen molar-refractivity contribution in [2.24, 2.45) is 0 Å². The fraction of sp³-hybridized carbons (Fsp3) is 0.185. The topological polar surface area (TPSA) is 45.6 Å². The third-order valence-electron chi connectivity index (χ3n) is 6.21. The molecule has 160 valence electrons. The SMILES string of the molecule is Cc1ccc(C(=O)N2CCN(C(=O)c3cccc4ccccc34)CC2)cc1-n1cccc1. The van der Waals surface area contributed by atoms with E-state index in [1.54, 1.807) is 0 Å². The molecule has 5 nitrogen and oxygen atoms in total. The van der Waals surface area contributed by atoms with Crippen LogP contribution in [0.1, 0.15) is 26.3 Å². The van der Waals surface area contributed by atoms with Crippen molar-refractivity contribution in [1.82, 2.24) is 14.4 Å². The Labute approximate surface area is 187 Å². The molecular formula is C27H25N3O2. The van der Waals surface area contributed by atoms with E-state index in [0.717, 1.165) is 27.6 Å². The van der Waals surface area contributed by atoms with Crippen LogP contribution in [0.4, 0.5) is 0 Å². The molecule has 0 unspecified atom stereocenters. The lowest BCUT2D eigenvalue weighted by Gasteiger charge is -2.35. The van der Waals surface area contributed by atoms with Crippen LogP contribution in [0.2, 0.25) is 0 Å². The molecular weight excluding hydrogens is 398 g/mol. The van der Waals surface area contributed by atoms with Crippen LogP contribution in [0.3, 0.4) is 0 Å². The maximum absolute atomic E-state index is 13.2. The lowest BCUT2D eigenvalue weighted by molar-refractivity contribution is 0.0536. The fourth-order valence-corrected chi connectivity index (χ4v) is 4.39. The van der Waals surface area contributed by atoms with Crippen LogP contribution in [-0.2, 0) is 0 Å². The second kappa shape index (κ2) is 8.35. The van der Waals surface area contributed by atoms with Crippen LogP contribution in [0, 0.1) is 6.92 Å². The number of hydrogen-bond acceptors (Lipinski definition) is 2. The van der Waals surface area contributed by atoms with Gasteiger partial charge in [-0.2, -0.15) is 0 Å². The molecule has 3 aromatic carbocycles. The molecule has 2 heterocycles. The van der Waals surface area contributed by atoms with Crippen molar-refractivity contribution in [3.05, 3.63) is 102 Å². The Morgan fingerprint density at radius 3 is 2.12 bits per heavy atom. The summed E-state index contributed by atoms with van der Waals surface area (Å²) in [6, 6.07) is 23.5. The van der Waals surface area contributed by atoms with E-state index in [4.69, 9.17) is 0 Å². The molecule has 5 heteroatoms. The van der Waals surface area contributed by atoms with Gasteiger partial charge < -0.3 is 14.4 Å². The minimum atomic E-state index is 0.00988. The quantitative estimate of drug-likeness (QED) is 0.486. The van der Waals surface area contributed by atoms with E-state index in [2.05, 4.69) is 0 Å². The maximum Gasteiger partial charge on any atom is 0.254 e. The minimum Gasteiger partial charge on any atom is -0.335 e. The number of fused-ring (bicyclic) bond motifs is 1. The molecule has 1 aliphatic heterocycles. The summed E-state index contributed by atoms with van der Waals surface area (Å²) in [5, 5.41) is 2.03. The number of hydrogen-bond donors (Lipinski definition) is 0. The first-order valence-corrected chi connectivity index (χ1v) is 10.9. The first-order valence-electron chi connectivity index (χ1n) is 10.9. The van der Waals surface area contributed by atoms with Crippen molar-refractivity contribution in [3.63, 3.8) is 0 Å². The van der Waals surface area contributed by atoms with Crippen molar-refractivity contribution in [2.45, 2.75) is 6.92 Å². The highest BCUT2D eigenvalue weighted by molar-refractivity contribution is 6.07. The molecule has 1 aliphatic rings. The van der Waals surface area contributed by atoms with Gasteiger partial charge in [0.2, 0.25) is 0 Å². The van der Waals surface area contributed by atoms with E-state index in [1.165, 1.54) is 0 Å². The number of nitrogens with zero attached hydrogens (tertiary/aromatic N) is 3. The molecule has 0 radical (unpaired) electrons. The van der Waals surface area contributed by atoms with Crippen LogP contribution in [-0.4, -0.2) is 52.4 Å². The number of benzene rings is 3. The van der Waals surface area contributed by atoms with E-state index in [-0.39, 0.29) is 11.8 Å². The van der Waals surface area contributed by atoms with Gasteiger partial charge in [-0.15, -0.1) is 0 Å². The number of piperazine rings is 1. The number of rotatable bonds is 3. The average molecular weight is 424 g/mol. The molecule has 0 saturated carbocycles. The number of carbonyl (C=O) groups excluding carboxylic acids is 2. The Morgan fingerprint density at radius 1 is 0.719 bits per heavy atom. The highest BCUT2D eigenvalue weighted by Crippen LogP contribution is 2.22. The molecule has 4 aromatic rings. The largest absolute Gasteiger partial charge is 0.335 e. The van der Waals surface area contributed by atoms with Crippen molar-refractivity contribution in [1.29, 1.82) is 0 Å². The van der Waals surface area contributed by atoms with Crippen LogP contribution in [0.15, 0.2) is 85.2 Å². The first-order chi connectivity index (χ1) is 15.6. The summed E-state index contributed by atoms with van der Waals surface area (Å²) in [6.45, 7) is 4.17. The molecule has 1 aromatic heterocycles. The molecule has 5 rings (SSSR count). The van der Waals surface area contributed by atoms with Crippen molar-refractivity contribution < 1.29 is 9.59 Å². The third-order valence-corrected chi connectivity index (χ3v) is 6.21. The second-order valence-electron chi connectivity index (χ2n) is 8.20. The van der Waals surface area contributed by atoms with Crippen LogP contribution >= 0.6 is 0 Å². The van der Waals surface area contributed by atoms with Gasteiger partial charge in [0.15, 0.2) is 0 Å². The summed E-state index contributed by atoms with van der Waals surface area (Å²) in [6.07, 6.45) is 3.96. The molecule has 0 aliphatic carbocycles. The zero-order chi connectivity index (χ0) is 22.1. The second-order valence-corrected chi connectivity index (χ2v) is 8.20. The Hall–Kier alpha value is -3.86. The number of aromatic nitrogens is 1. The van der Waals surface area contributed by atoms with Gasteiger partial charge in [-0.1, -0.05) is 42.5 Å². The zero-order valence-corrected chi connectivity index (χ0v) is 18.1. The molecule has 0 bridgehead atoms. The first kappa shape index (κ1) is 20.1. The Bertz CT molecular complexity index is 1280. The number of amides is 2. The molecule has 2 amide bonds. The van der Waals surface area contributed by atoms with Gasteiger partial charge in [0.1, 0.15) is 0 Å². The van der Waals surface area contributed by atoms with E-state index >= 15 is 0 Å². The Kier molecular flexibility index (Phi) is 5.23. The monoisotopic (exact) mass is 423 g/mol. The standard InChI is InChI=1S/C27H25N3O2/c1-20-11-12-22(19-25(20)28-13-4-5-14-28)26(31)29-15-17-30(18-16-29)27(32)24-10-6-8-21-7-2-3-9-23(21)24/h2-14,19H,15-18H2,1H3. The molecule has 0 atom stereocenters. The predicted molar refractivity (Wildman–Crippen MR) is 126 cm³/mol. The van der Waals surface area contributed by atoms with Crippen LogP contribution < -0.4 is 0 Å². The molecule has 0 N–H and O–H groups in total.